The fourth-order valence-electron chi connectivity index (χ4n) is 3.86. The molecule has 1 aromatic carbocycles. The summed E-state index contributed by atoms with van der Waals surface area (Å²) in [6.45, 7) is 10.4. The molecule has 3 heterocycles. The van der Waals surface area contributed by atoms with E-state index in [-0.39, 0.29) is 5.82 Å². The highest BCUT2D eigenvalue weighted by Crippen LogP contribution is 2.45. The lowest BCUT2D eigenvalue weighted by atomic mass is 9.65. The molecule has 0 spiro atoms. The van der Waals surface area contributed by atoms with Crippen LogP contribution in [0.5, 0.6) is 0 Å². The van der Waals surface area contributed by atoms with E-state index in [0.717, 1.165) is 34.6 Å². The van der Waals surface area contributed by atoms with Gasteiger partial charge in [0.25, 0.3) is 0 Å². The predicted molar refractivity (Wildman–Crippen MR) is 104 cm³/mol. The highest BCUT2D eigenvalue weighted by molar-refractivity contribution is 6.14. The molecule has 1 aliphatic rings. The standard InChI is InChI=1S/C22H24FN3/c1-6-14-9-8-12-26-17(13-24-20(14)26)19-15-10-7-11-16(23)18(15)21(2,3)22(4,5)25-19/h7-13H,6H2,1-5H3. The zero-order chi connectivity index (χ0) is 18.7. The summed E-state index contributed by atoms with van der Waals surface area (Å²) in [5.74, 6) is -0.170. The molecule has 3 aromatic rings. The van der Waals surface area contributed by atoms with Crippen LogP contribution in [0.4, 0.5) is 4.39 Å². The number of hydrogen-bond acceptors (Lipinski definition) is 2. The van der Waals surface area contributed by atoms with Gasteiger partial charge in [0, 0.05) is 22.7 Å². The van der Waals surface area contributed by atoms with E-state index < -0.39 is 11.0 Å². The number of hydrogen-bond donors (Lipinski definition) is 0. The summed E-state index contributed by atoms with van der Waals surface area (Å²) in [5.41, 5.74) is 4.59. The molecule has 4 heteroatoms. The molecular weight excluding hydrogens is 325 g/mol. The third-order valence-corrected chi connectivity index (χ3v) is 6.05. The van der Waals surface area contributed by atoms with Gasteiger partial charge in [-0.2, -0.15) is 0 Å². The monoisotopic (exact) mass is 349 g/mol. The Balaban J connectivity index is 2.05. The number of aliphatic imine (C=N–C) groups is 1. The van der Waals surface area contributed by atoms with Crippen LogP contribution in [0.25, 0.3) is 5.65 Å². The maximum absolute atomic E-state index is 14.9. The van der Waals surface area contributed by atoms with Crippen LogP contribution >= 0.6 is 0 Å². The molecule has 0 fully saturated rings. The summed E-state index contributed by atoms with van der Waals surface area (Å²) in [7, 11) is 0. The minimum Gasteiger partial charge on any atom is -0.298 e. The molecule has 0 bridgehead atoms. The van der Waals surface area contributed by atoms with E-state index in [9.17, 15) is 4.39 Å². The SMILES string of the molecule is CCc1cccn2c(C3=NC(C)(C)C(C)(C)c4c(F)cccc43)cnc12. The summed E-state index contributed by atoms with van der Waals surface area (Å²) in [6, 6.07) is 9.40. The number of aromatic nitrogens is 2. The number of imidazole rings is 1. The minimum atomic E-state index is -0.440. The molecule has 0 saturated carbocycles. The summed E-state index contributed by atoms with van der Waals surface area (Å²) in [4.78, 5) is 9.72. The smallest absolute Gasteiger partial charge is 0.140 e. The molecule has 26 heavy (non-hydrogen) atoms. The lowest BCUT2D eigenvalue weighted by Crippen LogP contribution is -2.47. The van der Waals surface area contributed by atoms with E-state index in [1.165, 1.54) is 5.56 Å². The Kier molecular flexibility index (Phi) is 3.59. The molecule has 0 unspecified atom stereocenters. The van der Waals surface area contributed by atoms with Crippen molar-refractivity contribution in [3.05, 3.63) is 70.9 Å². The Morgan fingerprint density at radius 3 is 2.58 bits per heavy atom. The van der Waals surface area contributed by atoms with Gasteiger partial charge in [-0.3, -0.25) is 9.39 Å². The zero-order valence-corrected chi connectivity index (χ0v) is 16.0. The highest BCUT2D eigenvalue weighted by atomic mass is 19.1. The van der Waals surface area contributed by atoms with Gasteiger partial charge in [-0.15, -0.1) is 0 Å². The van der Waals surface area contributed by atoms with Crippen LogP contribution in [0.2, 0.25) is 0 Å². The van der Waals surface area contributed by atoms with E-state index in [0.29, 0.717) is 0 Å². The molecular formula is C22H24FN3. The number of pyridine rings is 1. The zero-order valence-electron chi connectivity index (χ0n) is 16.0. The van der Waals surface area contributed by atoms with E-state index in [2.05, 4.69) is 50.1 Å². The van der Waals surface area contributed by atoms with Crippen molar-refractivity contribution in [2.45, 2.75) is 52.0 Å². The summed E-state index contributed by atoms with van der Waals surface area (Å²) >= 11 is 0. The van der Waals surface area contributed by atoms with E-state index in [4.69, 9.17) is 4.99 Å². The molecule has 4 rings (SSSR count). The Hall–Kier alpha value is -2.49. The van der Waals surface area contributed by atoms with Crippen molar-refractivity contribution in [3.63, 3.8) is 0 Å². The predicted octanol–water partition coefficient (Wildman–Crippen LogP) is 4.94. The van der Waals surface area contributed by atoms with Crippen LogP contribution in [-0.2, 0) is 11.8 Å². The maximum Gasteiger partial charge on any atom is 0.140 e. The first-order valence-electron chi connectivity index (χ1n) is 9.12. The van der Waals surface area contributed by atoms with Crippen molar-refractivity contribution in [1.82, 2.24) is 9.38 Å². The molecule has 0 N–H and O–H groups in total. The Labute approximate surface area is 153 Å². The Morgan fingerprint density at radius 1 is 1.08 bits per heavy atom. The molecule has 1 aliphatic heterocycles. The molecule has 0 radical (unpaired) electrons. The number of halogens is 1. The lowest BCUT2D eigenvalue weighted by molar-refractivity contribution is 0.293. The third kappa shape index (κ3) is 2.17. The van der Waals surface area contributed by atoms with Gasteiger partial charge in [0.05, 0.1) is 23.1 Å². The topological polar surface area (TPSA) is 29.7 Å². The van der Waals surface area contributed by atoms with Crippen molar-refractivity contribution < 1.29 is 4.39 Å². The fraction of sp³-hybridized carbons (Fsp3) is 0.364. The van der Waals surface area contributed by atoms with Gasteiger partial charge in [0.2, 0.25) is 0 Å². The van der Waals surface area contributed by atoms with Gasteiger partial charge < -0.3 is 0 Å². The van der Waals surface area contributed by atoms with Gasteiger partial charge in [-0.1, -0.05) is 39.0 Å². The largest absolute Gasteiger partial charge is 0.298 e. The van der Waals surface area contributed by atoms with Gasteiger partial charge in [0.1, 0.15) is 11.5 Å². The first-order chi connectivity index (χ1) is 12.3. The van der Waals surface area contributed by atoms with E-state index in [1.807, 2.05) is 24.5 Å². The van der Waals surface area contributed by atoms with Crippen LogP contribution in [0.15, 0.2) is 47.7 Å². The highest BCUT2D eigenvalue weighted by Gasteiger charge is 2.45. The van der Waals surface area contributed by atoms with Crippen LogP contribution in [0.3, 0.4) is 0 Å². The van der Waals surface area contributed by atoms with Crippen molar-refractivity contribution >= 4 is 11.4 Å². The molecule has 0 saturated heterocycles. The second kappa shape index (κ2) is 5.50. The average molecular weight is 349 g/mol. The maximum atomic E-state index is 14.9. The first kappa shape index (κ1) is 17.0. The molecule has 0 atom stereocenters. The molecule has 3 nitrogen and oxygen atoms in total. The van der Waals surface area contributed by atoms with Gasteiger partial charge in [-0.25, -0.2) is 9.37 Å². The second-order valence-corrected chi connectivity index (χ2v) is 8.03. The summed E-state index contributed by atoms with van der Waals surface area (Å²) in [5, 5.41) is 0. The summed E-state index contributed by atoms with van der Waals surface area (Å²) < 4.78 is 17.0. The second-order valence-electron chi connectivity index (χ2n) is 8.03. The first-order valence-corrected chi connectivity index (χ1v) is 9.12. The van der Waals surface area contributed by atoms with Crippen LogP contribution in [0.1, 0.15) is 57.0 Å². The van der Waals surface area contributed by atoms with Crippen molar-refractivity contribution in [2.75, 3.05) is 0 Å². The minimum absolute atomic E-state index is 0.170. The van der Waals surface area contributed by atoms with Crippen LogP contribution < -0.4 is 0 Å². The molecule has 2 aromatic heterocycles. The fourth-order valence-corrected chi connectivity index (χ4v) is 3.86. The van der Waals surface area contributed by atoms with Crippen molar-refractivity contribution in [2.24, 2.45) is 4.99 Å². The normalized spacial score (nSPS) is 17.8. The molecule has 0 aliphatic carbocycles. The van der Waals surface area contributed by atoms with Gasteiger partial charge in [0.15, 0.2) is 0 Å². The number of aryl methyl sites for hydroxylation is 1. The number of rotatable bonds is 2. The number of nitrogens with zero attached hydrogens (tertiary/aromatic N) is 3. The quantitative estimate of drug-likeness (QED) is 0.644. The molecule has 134 valence electrons. The molecule has 0 amide bonds. The third-order valence-electron chi connectivity index (χ3n) is 6.05. The van der Waals surface area contributed by atoms with E-state index in [1.54, 1.807) is 12.1 Å². The van der Waals surface area contributed by atoms with Crippen molar-refractivity contribution in [3.8, 4) is 0 Å². The van der Waals surface area contributed by atoms with Gasteiger partial charge in [-0.05, 0) is 38.0 Å². The Bertz CT molecular complexity index is 1040. The summed E-state index contributed by atoms with van der Waals surface area (Å²) in [6.07, 6.45) is 4.78. The van der Waals surface area contributed by atoms with E-state index >= 15 is 0 Å². The van der Waals surface area contributed by atoms with Crippen LogP contribution in [0, 0.1) is 5.82 Å². The number of fused-ring (bicyclic) bond motifs is 2. The van der Waals surface area contributed by atoms with Crippen LogP contribution in [-0.4, -0.2) is 20.6 Å². The average Bonchev–Trinajstić information content (AvgIpc) is 3.02. The van der Waals surface area contributed by atoms with Crippen molar-refractivity contribution in [1.29, 1.82) is 0 Å². The Morgan fingerprint density at radius 2 is 1.85 bits per heavy atom. The lowest BCUT2D eigenvalue weighted by Gasteiger charge is -2.44. The van der Waals surface area contributed by atoms with Gasteiger partial charge >= 0.3 is 0 Å². The number of benzene rings is 1.